The SMILES string of the molecule is C=CCc1c(O)nc(C)[nH]c1=O. The van der Waals surface area contributed by atoms with E-state index >= 15 is 0 Å². The van der Waals surface area contributed by atoms with Gasteiger partial charge in [0.15, 0.2) is 0 Å². The van der Waals surface area contributed by atoms with E-state index in [4.69, 9.17) is 0 Å². The molecule has 64 valence electrons. The molecule has 1 heterocycles. The Kier molecular flexibility index (Phi) is 2.28. The standard InChI is InChI=1S/C8H10N2O2/c1-3-4-6-7(11)9-5(2)10-8(6)12/h3H,1,4H2,2H3,(H2,9,10,11,12). The Labute approximate surface area is 69.6 Å². The van der Waals surface area contributed by atoms with Gasteiger partial charge in [-0.1, -0.05) is 6.08 Å². The van der Waals surface area contributed by atoms with Gasteiger partial charge in [0.05, 0.1) is 5.56 Å². The first-order valence-corrected chi connectivity index (χ1v) is 3.54. The van der Waals surface area contributed by atoms with E-state index in [1.54, 1.807) is 13.0 Å². The summed E-state index contributed by atoms with van der Waals surface area (Å²) in [7, 11) is 0. The third-order valence-electron chi connectivity index (χ3n) is 1.46. The van der Waals surface area contributed by atoms with Crippen molar-refractivity contribution in [1.29, 1.82) is 0 Å². The molecule has 0 aliphatic rings. The van der Waals surface area contributed by atoms with Crippen LogP contribution < -0.4 is 5.56 Å². The van der Waals surface area contributed by atoms with Gasteiger partial charge in [0, 0.05) is 6.42 Å². The Hall–Kier alpha value is -1.58. The second kappa shape index (κ2) is 3.21. The highest BCUT2D eigenvalue weighted by Gasteiger charge is 2.06. The second-order valence-corrected chi connectivity index (χ2v) is 2.45. The normalized spacial score (nSPS) is 9.75. The average Bonchev–Trinajstić information content (AvgIpc) is 1.96. The lowest BCUT2D eigenvalue weighted by molar-refractivity contribution is 0.442. The van der Waals surface area contributed by atoms with E-state index < -0.39 is 0 Å². The van der Waals surface area contributed by atoms with Crippen LogP contribution in [0.4, 0.5) is 0 Å². The number of hydrogen-bond donors (Lipinski definition) is 2. The van der Waals surface area contributed by atoms with Crippen LogP contribution in [0, 0.1) is 6.92 Å². The minimum atomic E-state index is -0.306. The van der Waals surface area contributed by atoms with Gasteiger partial charge >= 0.3 is 0 Å². The Morgan fingerprint density at radius 2 is 2.42 bits per heavy atom. The highest BCUT2D eigenvalue weighted by Crippen LogP contribution is 2.08. The van der Waals surface area contributed by atoms with Crippen molar-refractivity contribution < 1.29 is 5.11 Å². The molecule has 0 saturated heterocycles. The number of aromatic nitrogens is 2. The summed E-state index contributed by atoms with van der Waals surface area (Å²) in [6.45, 7) is 5.08. The minimum Gasteiger partial charge on any atom is -0.493 e. The predicted molar refractivity (Wildman–Crippen MR) is 45.2 cm³/mol. The van der Waals surface area contributed by atoms with Gasteiger partial charge in [-0.15, -0.1) is 6.58 Å². The van der Waals surface area contributed by atoms with Crippen LogP contribution in [0.2, 0.25) is 0 Å². The third kappa shape index (κ3) is 1.53. The molecule has 0 aromatic carbocycles. The smallest absolute Gasteiger partial charge is 0.258 e. The van der Waals surface area contributed by atoms with Crippen molar-refractivity contribution in [3.05, 3.63) is 34.4 Å². The van der Waals surface area contributed by atoms with Crippen molar-refractivity contribution in [3.63, 3.8) is 0 Å². The van der Waals surface area contributed by atoms with E-state index in [0.717, 1.165) is 0 Å². The van der Waals surface area contributed by atoms with Crippen molar-refractivity contribution in [3.8, 4) is 5.88 Å². The highest BCUT2D eigenvalue weighted by molar-refractivity contribution is 5.24. The van der Waals surface area contributed by atoms with Crippen molar-refractivity contribution >= 4 is 0 Å². The molecule has 1 aromatic heterocycles. The van der Waals surface area contributed by atoms with E-state index in [1.807, 2.05) is 0 Å². The molecule has 2 N–H and O–H groups in total. The summed E-state index contributed by atoms with van der Waals surface area (Å²) in [5.41, 5.74) is -0.0458. The molecule has 0 unspecified atom stereocenters. The third-order valence-corrected chi connectivity index (χ3v) is 1.46. The molecular weight excluding hydrogens is 156 g/mol. The van der Waals surface area contributed by atoms with Gasteiger partial charge in [-0.25, -0.2) is 4.98 Å². The quantitative estimate of drug-likeness (QED) is 0.629. The van der Waals surface area contributed by atoms with Crippen LogP contribution >= 0.6 is 0 Å². The predicted octanol–water partition coefficient (Wildman–Crippen LogP) is 0.512. The first-order chi connectivity index (χ1) is 5.65. The molecular formula is C8H10N2O2. The molecule has 0 aliphatic heterocycles. The summed E-state index contributed by atoms with van der Waals surface area (Å²) in [6.07, 6.45) is 1.87. The Morgan fingerprint density at radius 1 is 1.75 bits per heavy atom. The number of H-pyrrole nitrogens is 1. The molecule has 0 amide bonds. The van der Waals surface area contributed by atoms with Crippen molar-refractivity contribution in [2.75, 3.05) is 0 Å². The molecule has 0 spiro atoms. The van der Waals surface area contributed by atoms with Gasteiger partial charge in [0.1, 0.15) is 5.82 Å². The van der Waals surface area contributed by atoms with E-state index in [-0.39, 0.29) is 17.0 Å². The van der Waals surface area contributed by atoms with Crippen LogP contribution in [-0.4, -0.2) is 15.1 Å². The zero-order chi connectivity index (χ0) is 9.14. The van der Waals surface area contributed by atoms with Gasteiger partial charge in [-0.2, -0.15) is 0 Å². The van der Waals surface area contributed by atoms with Crippen LogP contribution in [0.25, 0.3) is 0 Å². The van der Waals surface area contributed by atoms with Crippen molar-refractivity contribution in [2.24, 2.45) is 0 Å². The molecule has 0 atom stereocenters. The Bertz CT molecular complexity index is 355. The highest BCUT2D eigenvalue weighted by atomic mass is 16.3. The van der Waals surface area contributed by atoms with Crippen molar-refractivity contribution in [1.82, 2.24) is 9.97 Å². The van der Waals surface area contributed by atoms with Gasteiger partial charge in [-0.05, 0) is 6.92 Å². The zero-order valence-electron chi connectivity index (χ0n) is 6.79. The van der Waals surface area contributed by atoms with E-state index in [9.17, 15) is 9.90 Å². The number of rotatable bonds is 2. The fourth-order valence-corrected chi connectivity index (χ4v) is 0.924. The van der Waals surface area contributed by atoms with Gasteiger partial charge in [0.25, 0.3) is 5.56 Å². The molecule has 0 saturated carbocycles. The van der Waals surface area contributed by atoms with Gasteiger partial charge < -0.3 is 10.1 Å². The number of nitrogens with one attached hydrogen (secondary N) is 1. The largest absolute Gasteiger partial charge is 0.493 e. The Balaban J connectivity index is 3.28. The maximum Gasteiger partial charge on any atom is 0.258 e. The lowest BCUT2D eigenvalue weighted by Gasteiger charge is -1.99. The summed E-state index contributed by atoms with van der Waals surface area (Å²) >= 11 is 0. The number of aromatic hydroxyl groups is 1. The molecule has 4 nitrogen and oxygen atoms in total. The van der Waals surface area contributed by atoms with E-state index in [1.165, 1.54) is 0 Å². The maximum absolute atomic E-state index is 11.1. The molecule has 4 heteroatoms. The molecule has 0 bridgehead atoms. The summed E-state index contributed by atoms with van der Waals surface area (Å²) in [5, 5.41) is 9.22. The molecule has 12 heavy (non-hydrogen) atoms. The minimum absolute atomic E-state index is 0.212. The summed E-state index contributed by atoms with van der Waals surface area (Å²) in [5.74, 6) is 0.196. The van der Waals surface area contributed by atoms with Gasteiger partial charge in [-0.3, -0.25) is 4.79 Å². The monoisotopic (exact) mass is 166 g/mol. The number of hydrogen-bond acceptors (Lipinski definition) is 3. The summed E-state index contributed by atoms with van der Waals surface area (Å²) < 4.78 is 0. The fourth-order valence-electron chi connectivity index (χ4n) is 0.924. The molecule has 0 aliphatic carbocycles. The lowest BCUT2D eigenvalue weighted by Crippen LogP contribution is -2.14. The van der Waals surface area contributed by atoms with Crippen LogP contribution in [0.1, 0.15) is 11.4 Å². The van der Waals surface area contributed by atoms with Crippen LogP contribution in [-0.2, 0) is 6.42 Å². The number of nitrogens with zero attached hydrogens (tertiary/aromatic N) is 1. The second-order valence-electron chi connectivity index (χ2n) is 2.45. The van der Waals surface area contributed by atoms with Crippen molar-refractivity contribution in [2.45, 2.75) is 13.3 Å². The summed E-state index contributed by atoms with van der Waals surface area (Å²) in [4.78, 5) is 17.3. The van der Waals surface area contributed by atoms with Gasteiger partial charge in [0.2, 0.25) is 5.88 Å². The topological polar surface area (TPSA) is 66.0 Å². The maximum atomic E-state index is 11.1. The lowest BCUT2D eigenvalue weighted by atomic mass is 10.2. The molecule has 1 rings (SSSR count). The fraction of sp³-hybridized carbons (Fsp3) is 0.250. The van der Waals surface area contributed by atoms with E-state index in [0.29, 0.717) is 12.2 Å². The molecule has 1 aromatic rings. The molecule has 0 fully saturated rings. The summed E-state index contributed by atoms with van der Waals surface area (Å²) in [6, 6.07) is 0. The molecule has 0 radical (unpaired) electrons. The first-order valence-electron chi connectivity index (χ1n) is 3.54. The average molecular weight is 166 g/mol. The number of aryl methyl sites for hydroxylation is 1. The van der Waals surface area contributed by atoms with Crippen LogP contribution in [0.3, 0.4) is 0 Å². The Morgan fingerprint density at radius 3 is 2.92 bits per heavy atom. The number of allylic oxidation sites excluding steroid dienone is 1. The van der Waals surface area contributed by atoms with Crippen LogP contribution in [0.15, 0.2) is 17.4 Å². The van der Waals surface area contributed by atoms with E-state index in [2.05, 4.69) is 16.5 Å². The zero-order valence-corrected chi connectivity index (χ0v) is 6.79. The first kappa shape index (κ1) is 8.52. The number of aromatic amines is 1. The van der Waals surface area contributed by atoms with Crippen LogP contribution in [0.5, 0.6) is 5.88 Å².